The summed E-state index contributed by atoms with van der Waals surface area (Å²) < 4.78 is 19.5. The number of ether oxygens (including phenoxy) is 1. The van der Waals surface area contributed by atoms with Crippen LogP contribution >= 0.6 is 0 Å². The molecule has 0 spiro atoms. The number of aryl methyl sites for hydroxylation is 1. The fourth-order valence-electron chi connectivity index (χ4n) is 4.35. The van der Waals surface area contributed by atoms with Gasteiger partial charge in [-0.25, -0.2) is 4.39 Å². The smallest absolute Gasteiger partial charge is 0.134 e. The zero-order chi connectivity index (χ0) is 19.2. The number of hydrogen-bond donors (Lipinski definition) is 1. The Hall–Kier alpha value is -1.53. The van der Waals surface area contributed by atoms with Crippen molar-refractivity contribution in [3.05, 3.63) is 28.4 Å². The van der Waals surface area contributed by atoms with Gasteiger partial charge in [0.2, 0.25) is 0 Å². The summed E-state index contributed by atoms with van der Waals surface area (Å²) >= 11 is 0. The molecule has 1 aliphatic heterocycles. The summed E-state index contributed by atoms with van der Waals surface area (Å²) in [6.45, 7) is 6.87. The summed E-state index contributed by atoms with van der Waals surface area (Å²) in [7, 11) is 0. The molecule has 2 aliphatic rings. The van der Waals surface area contributed by atoms with Crippen molar-refractivity contribution in [3.63, 3.8) is 0 Å². The molecule has 1 saturated carbocycles. The average molecular weight is 378 g/mol. The van der Waals surface area contributed by atoms with E-state index >= 15 is 0 Å². The van der Waals surface area contributed by atoms with Crippen LogP contribution < -0.4 is 5.32 Å². The van der Waals surface area contributed by atoms with Gasteiger partial charge >= 0.3 is 0 Å². The molecular weight excluding hydrogens is 345 g/mol. The number of nitrogens with zero attached hydrogens (tertiary/aromatic N) is 2. The summed E-state index contributed by atoms with van der Waals surface area (Å²) in [6.07, 6.45) is 8.40. The van der Waals surface area contributed by atoms with Gasteiger partial charge in [0.25, 0.3) is 0 Å². The van der Waals surface area contributed by atoms with Crippen LogP contribution in [0, 0.1) is 17.6 Å². The summed E-state index contributed by atoms with van der Waals surface area (Å²) in [6, 6.07) is 3.89. The second-order valence-electron chi connectivity index (χ2n) is 7.97. The molecule has 6 heteroatoms. The van der Waals surface area contributed by atoms with E-state index in [0.717, 1.165) is 39.0 Å². The average Bonchev–Trinajstić information content (AvgIpc) is 2.70. The van der Waals surface area contributed by atoms with Gasteiger partial charge in [0.1, 0.15) is 11.5 Å². The van der Waals surface area contributed by atoms with Crippen molar-refractivity contribution < 1.29 is 9.13 Å². The van der Waals surface area contributed by atoms with E-state index in [4.69, 9.17) is 4.74 Å². The summed E-state index contributed by atoms with van der Waals surface area (Å²) in [4.78, 5) is 13.6. The van der Waals surface area contributed by atoms with E-state index in [1.807, 2.05) is 0 Å². The molecule has 0 unspecified atom stereocenters. The van der Waals surface area contributed by atoms with Gasteiger partial charge in [-0.15, -0.1) is 4.91 Å². The first-order valence-corrected chi connectivity index (χ1v) is 10.4. The van der Waals surface area contributed by atoms with Crippen molar-refractivity contribution in [2.45, 2.75) is 77.0 Å². The van der Waals surface area contributed by atoms with Crippen molar-refractivity contribution in [1.82, 2.24) is 4.90 Å². The Balaban J connectivity index is 1.47. The minimum absolute atomic E-state index is 0.158. The first kappa shape index (κ1) is 20.2. The van der Waals surface area contributed by atoms with Crippen LogP contribution in [-0.4, -0.2) is 42.8 Å². The topological polar surface area (TPSA) is 53.9 Å². The summed E-state index contributed by atoms with van der Waals surface area (Å²) in [5.74, 6) is -0.386. The van der Waals surface area contributed by atoms with Gasteiger partial charge < -0.3 is 15.0 Å². The lowest BCUT2D eigenvalue weighted by Gasteiger charge is -2.41. The van der Waals surface area contributed by atoms with Gasteiger partial charge in [0.15, 0.2) is 0 Å². The van der Waals surface area contributed by atoms with E-state index in [1.165, 1.54) is 31.7 Å². The molecule has 1 aliphatic carbocycles. The SMILES string of the molecule is CCCO[C@H]1CC[C@@H](N2CCC(Nc3cc(C)c(F)cc3N=O)CC2)CC1. The maximum atomic E-state index is 13.6. The second kappa shape index (κ2) is 9.60. The number of anilines is 1. The van der Waals surface area contributed by atoms with Gasteiger partial charge in [0.05, 0.1) is 11.8 Å². The number of likely N-dealkylation sites (tertiary alicyclic amines) is 1. The highest BCUT2D eigenvalue weighted by atomic mass is 19.1. The van der Waals surface area contributed by atoms with Crippen molar-refractivity contribution >= 4 is 11.4 Å². The molecule has 0 aromatic heterocycles. The van der Waals surface area contributed by atoms with Crippen LogP contribution in [0.2, 0.25) is 0 Å². The standard InChI is InChI=1S/C21H32FN3O2/c1-3-12-27-18-6-4-17(5-7-18)25-10-8-16(9-11-25)23-20-13-15(2)19(22)14-21(20)24-26/h13-14,16-18,23H,3-12H2,1-2H3/t17-,18+. The van der Waals surface area contributed by atoms with Crippen LogP contribution in [0.1, 0.15) is 57.4 Å². The highest BCUT2D eigenvalue weighted by Gasteiger charge is 2.29. The highest BCUT2D eigenvalue weighted by molar-refractivity contribution is 5.67. The fourth-order valence-corrected chi connectivity index (χ4v) is 4.35. The molecule has 150 valence electrons. The third kappa shape index (κ3) is 5.26. The van der Waals surface area contributed by atoms with Gasteiger partial charge in [-0.2, -0.15) is 0 Å². The van der Waals surface area contributed by atoms with Crippen molar-refractivity contribution in [3.8, 4) is 0 Å². The first-order valence-electron chi connectivity index (χ1n) is 10.4. The molecule has 2 fully saturated rings. The van der Waals surface area contributed by atoms with Gasteiger partial charge in [-0.3, -0.25) is 0 Å². The van der Waals surface area contributed by atoms with E-state index < -0.39 is 0 Å². The Labute approximate surface area is 161 Å². The number of halogens is 1. The monoisotopic (exact) mass is 377 g/mol. The number of piperidine rings is 1. The highest BCUT2D eigenvalue weighted by Crippen LogP contribution is 2.31. The molecule has 1 aromatic rings. The zero-order valence-electron chi connectivity index (χ0n) is 16.5. The van der Waals surface area contributed by atoms with Crippen molar-refractivity contribution in [2.24, 2.45) is 5.18 Å². The molecule has 0 atom stereocenters. The quantitative estimate of drug-likeness (QED) is 0.668. The molecule has 3 rings (SSSR count). The van der Waals surface area contributed by atoms with Gasteiger partial charge in [-0.1, -0.05) is 6.92 Å². The van der Waals surface area contributed by atoms with Crippen LogP contribution in [0.15, 0.2) is 17.3 Å². The second-order valence-corrected chi connectivity index (χ2v) is 7.97. The van der Waals surface area contributed by atoms with Gasteiger partial charge in [-0.05, 0) is 68.7 Å². The zero-order valence-corrected chi connectivity index (χ0v) is 16.5. The number of nitrogens with one attached hydrogen (secondary N) is 1. The lowest BCUT2D eigenvalue weighted by atomic mass is 9.90. The maximum Gasteiger partial charge on any atom is 0.134 e. The maximum absolute atomic E-state index is 13.6. The van der Waals surface area contributed by atoms with Crippen LogP contribution in [0.5, 0.6) is 0 Å². The molecule has 1 saturated heterocycles. The predicted molar refractivity (Wildman–Crippen MR) is 107 cm³/mol. The molecule has 1 heterocycles. The van der Waals surface area contributed by atoms with E-state index in [1.54, 1.807) is 13.0 Å². The van der Waals surface area contributed by atoms with Crippen LogP contribution in [0.25, 0.3) is 0 Å². The van der Waals surface area contributed by atoms with E-state index in [0.29, 0.717) is 29.4 Å². The first-order chi connectivity index (χ1) is 13.1. The molecule has 1 aromatic carbocycles. The fraction of sp³-hybridized carbons (Fsp3) is 0.714. The lowest BCUT2D eigenvalue weighted by molar-refractivity contribution is 0.00428. The lowest BCUT2D eigenvalue weighted by Crippen LogP contribution is -2.46. The van der Waals surface area contributed by atoms with Crippen LogP contribution in [-0.2, 0) is 4.74 Å². The molecular formula is C21H32FN3O2. The van der Waals surface area contributed by atoms with Crippen LogP contribution in [0.3, 0.4) is 0 Å². The summed E-state index contributed by atoms with van der Waals surface area (Å²) in [5.41, 5.74) is 1.34. The molecule has 5 nitrogen and oxygen atoms in total. The Morgan fingerprint density at radius 3 is 2.52 bits per heavy atom. The Bertz CT molecular complexity index is 624. The normalized spacial score (nSPS) is 24.7. The van der Waals surface area contributed by atoms with Crippen molar-refractivity contribution in [1.29, 1.82) is 0 Å². The summed E-state index contributed by atoms with van der Waals surface area (Å²) in [5, 5.41) is 6.39. The largest absolute Gasteiger partial charge is 0.380 e. The molecule has 0 amide bonds. The third-order valence-corrected chi connectivity index (χ3v) is 5.98. The molecule has 27 heavy (non-hydrogen) atoms. The van der Waals surface area contributed by atoms with Crippen molar-refractivity contribution in [2.75, 3.05) is 25.0 Å². The number of benzene rings is 1. The molecule has 0 bridgehead atoms. The Morgan fingerprint density at radius 1 is 1.19 bits per heavy atom. The Morgan fingerprint density at radius 2 is 1.89 bits per heavy atom. The number of hydrogen-bond acceptors (Lipinski definition) is 5. The van der Waals surface area contributed by atoms with E-state index in [-0.39, 0.29) is 11.5 Å². The van der Waals surface area contributed by atoms with E-state index in [2.05, 4.69) is 22.3 Å². The molecule has 0 radical (unpaired) electrons. The number of rotatable bonds is 7. The van der Waals surface area contributed by atoms with Gasteiger partial charge in [0, 0.05) is 37.8 Å². The third-order valence-electron chi connectivity index (χ3n) is 5.98. The predicted octanol–water partition coefficient (Wildman–Crippen LogP) is 5.15. The van der Waals surface area contributed by atoms with Crippen LogP contribution in [0.4, 0.5) is 15.8 Å². The minimum atomic E-state index is -0.386. The van der Waals surface area contributed by atoms with E-state index in [9.17, 15) is 9.30 Å². The number of nitroso groups, excluding NO2 is 1. The Kier molecular flexibility index (Phi) is 7.19. The molecule has 1 N–H and O–H groups in total. The minimum Gasteiger partial charge on any atom is -0.380 e.